The summed E-state index contributed by atoms with van der Waals surface area (Å²) in [5, 5.41) is 3.07. The Balaban J connectivity index is 2.31. The Labute approximate surface area is 111 Å². The van der Waals surface area contributed by atoms with Gasteiger partial charge >= 0.3 is 0 Å². The Morgan fingerprint density at radius 1 is 1.39 bits per heavy atom. The number of carbonyl (C=O) groups excluding carboxylic acids is 1. The van der Waals surface area contributed by atoms with E-state index < -0.39 is 0 Å². The van der Waals surface area contributed by atoms with Crippen LogP contribution in [-0.4, -0.2) is 43.5 Å². The Kier molecular flexibility index (Phi) is 6.65. The summed E-state index contributed by atoms with van der Waals surface area (Å²) in [6.07, 6.45) is 4.51. The number of likely N-dealkylation sites (N-methyl/N-ethyl adjacent to an activating group) is 1. The maximum Gasteiger partial charge on any atom is 0.223 e. The normalized spacial score (nSPS) is 24.6. The first-order chi connectivity index (χ1) is 8.56. The first-order valence-corrected chi connectivity index (χ1v) is 7.24. The molecule has 0 heterocycles. The van der Waals surface area contributed by atoms with Crippen LogP contribution in [0, 0.1) is 11.8 Å². The number of amides is 1. The molecule has 18 heavy (non-hydrogen) atoms. The average Bonchev–Trinajstić information content (AvgIpc) is 2.38. The second kappa shape index (κ2) is 7.74. The summed E-state index contributed by atoms with van der Waals surface area (Å²) in [4.78, 5) is 14.4. The summed E-state index contributed by atoms with van der Waals surface area (Å²) in [6.45, 7) is 6.61. The van der Waals surface area contributed by atoms with Crippen LogP contribution in [0.5, 0.6) is 0 Å². The van der Waals surface area contributed by atoms with Gasteiger partial charge in [-0.25, -0.2) is 0 Å². The Morgan fingerprint density at radius 2 is 2.06 bits per heavy atom. The van der Waals surface area contributed by atoms with Gasteiger partial charge in [0, 0.05) is 25.0 Å². The SMILES string of the molecule is CC(C)N(C)CCNC(=O)C1CCCCC1CN. The largest absolute Gasteiger partial charge is 0.355 e. The Morgan fingerprint density at radius 3 is 2.67 bits per heavy atom. The third kappa shape index (κ3) is 4.58. The predicted molar refractivity (Wildman–Crippen MR) is 75.3 cm³/mol. The molecule has 0 saturated heterocycles. The van der Waals surface area contributed by atoms with Crippen LogP contribution in [-0.2, 0) is 4.79 Å². The molecule has 0 aromatic heterocycles. The van der Waals surface area contributed by atoms with Gasteiger partial charge in [-0.15, -0.1) is 0 Å². The molecule has 2 unspecified atom stereocenters. The van der Waals surface area contributed by atoms with Gasteiger partial charge in [0.1, 0.15) is 0 Å². The van der Waals surface area contributed by atoms with Gasteiger partial charge in [-0.1, -0.05) is 12.8 Å². The minimum atomic E-state index is 0.146. The maximum atomic E-state index is 12.1. The molecule has 1 amide bonds. The lowest BCUT2D eigenvalue weighted by Crippen LogP contribution is -2.42. The lowest BCUT2D eigenvalue weighted by molar-refractivity contribution is -0.127. The molecule has 1 rings (SSSR count). The number of hydrogen-bond acceptors (Lipinski definition) is 3. The van der Waals surface area contributed by atoms with Crippen LogP contribution < -0.4 is 11.1 Å². The molecule has 0 aliphatic heterocycles. The van der Waals surface area contributed by atoms with Crippen LogP contribution >= 0.6 is 0 Å². The fourth-order valence-electron chi connectivity index (χ4n) is 2.58. The van der Waals surface area contributed by atoms with Crippen molar-refractivity contribution >= 4 is 5.91 Å². The number of hydrogen-bond donors (Lipinski definition) is 2. The zero-order valence-corrected chi connectivity index (χ0v) is 12.1. The van der Waals surface area contributed by atoms with Gasteiger partial charge in [0.15, 0.2) is 0 Å². The van der Waals surface area contributed by atoms with Gasteiger partial charge < -0.3 is 16.0 Å². The van der Waals surface area contributed by atoms with E-state index in [0.29, 0.717) is 18.5 Å². The lowest BCUT2D eigenvalue weighted by Gasteiger charge is -2.30. The van der Waals surface area contributed by atoms with E-state index in [4.69, 9.17) is 5.73 Å². The van der Waals surface area contributed by atoms with Crippen LogP contribution in [0.25, 0.3) is 0 Å². The van der Waals surface area contributed by atoms with Crippen molar-refractivity contribution in [1.82, 2.24) is 10.2 Å². The van der Waals surface area contributed by atoms with E-state index in [1.54, 1.807) is 0 Å². The summed E-state index contributed by atoms with van der Waals surface area (Å²) in [6, 6.07) is 0.522. The molecule has 3 N–H and O–H groups in total. The fraction of sp³-hybridized carbons (Fsp3) is 0.929. The number of rotatable bonds is 6. The summed E-state index contributed by atoms with van der Waals surface area (Å²) in [5.41, 5.74) is 5.76. The highest BCUT2D eigenvalue weighted by Gasteiger charge is 2.29. The van der Waals surface area contributed by atoms with Crippen molar-refractivity contribution in [3.8, 4) is 0 Å². The Hall–Kier alpha value is -0.610. The lowest BCUT2D eigenvalue weighted by atomic mass is 9.79. The van der Waals surface area contributed by atoms with Gasteiger partial charge in [-0.3, -0.25) is 4.79 Å². The molecule has 1 saturated carbocycles. The highest BCUT2D eigenvalue weighted by atomic mass is 16.1. The minimum absolute atomic E-state index is 0.146. The van der Waals surface area contributed by atoms with Crippen LogP contribution in [0.2, 0.25) is 0 Å². The van der Waals surface area contributed by atoms with Crippen molar-refractivity contribution in [2.45, 2.75) is 45.6 Å². The fourth-order valence-corrected chi connectivity index (χ4v) is 2.58. The van der Waals surface area contributed by atoms with Crippen molar-refractivity contribution in [2.24, 2.45) is 17.6 Å². The number of nitrogens with one attached hydrogen (secondary N) is 1. The molecule has 1 aliphatic carbocycles. The van der Waals surface area contributed by atoms with E-state index in [2.05, 4.69) is 31.1 Å². The summed E-state index contributed by atoms with van der Waals surface area (Å²) in [7, 11) is 2.08. The van der Waals surface area contributed by atoms with E-state index in [-0.39, 0.29) is 11.8 Å². The van der Waals surface area contributed by atoms with E-state index in [0.717, 1.165) is 25.9 Å². The molecule has 0 spiro atoms. The zero-order chi connectivity index (χ0) is 13.5. The summed E-state index contributed by atoms with van der Waals surface area (Å²) < 4.78 is 0. The van der Waals surface area contributed by atoms with Gasteiger partial charge in [0.05, 0.1) is 0 Å². The molecule has 1 fully saturated rings. The summed E-state index contributed by atoms with van der Waals surface area (Å²) >= 11 is 0. The molecule has 4 heteroatoms. The molecule has 0 aromatic rings. The van der Waals surface area contributed by atoms with E-state index in [9.17, 15) is 4.79 Å². The average molecular weight is 255 g/mol. The minimum Gasteiger partial charge on any atom is -0.355 e. The van der Waals surface area contributed by atoms with Crippen molar-refractivity contribution in [3.05, 3.63) is 0 Å². The molecular weight excluding hydrogens is 226 g/mol. The standard InChI is InChI=1S/C14H29N3O/c1-11(2)17(3)9-8-16-14(18)13-7-5-4-6-12(13)10-15/h11-13H,4-10,15H2,1-3H3,(H,16,18). The highest BCUT2D eigenvalue weighted by Crippen LogP contribution is 2.29. The second-order valence-corrected chi connectivity index (χ2v) is 5.75. The summed E-state index contributed by atoms with van der Waals surface area (Å²) in [5.74, 6) is 0.747. The molecular formula is C14H29N3O. The van der Waals surface area contributed by atoms with Crippen molar-refractivity contribution in [2.75, 3.05) is 26.7 Å². The van der Waals surface area contributed by atoms with Crippen molar-refractivity contribution in [3.63, 3.8) is 0 Å². The Bertz CT molecular complexity index is 255. The molecule has 4 nitrogen and oxygen atoms in total. The molecule has 1 aliphatic rings. The highest BCUT2D eigenvalue weighted by molar-refractivity contribution is 5.79. The second-order valence-electron chi connectivity index (χ2n) is 5.75. The van der Waals surface area contributed by atoms with Gasteiger partial charge in [-0.05, 0) is 46.2 Å². The van der Waals surface area contributed by atoms with Gasteiger partial charge in [0.25, 0.3) is 0 Å². The van der Waals surface area contributed by atoms with Crippen LogP contribution in [0.15, 0.2) is 0 Å². The first kappa shape index (κ1) is 15.4. The number of nitrogens with two attached hydrogens (primary N) is 1. The van der Waals surface area contributed by atoms with Gasteiger partial charge in [0.2, 0.25) is 5.91 Å². The molecule has 106 valence electrons. The third-order valence-electron chi connectivity index (χ3n) is 4.19. The molecule has 2 atom stereocenters. The quantitative estimate of drug-likeness (QED) is 0.750. The van der Waals surface area contributed by atoms with Gasteiger partial charge in [-0.2, -0.15) is 0 Å². The van der Waals surface area contributed by atoms with E-state index in [1.165, 1.54) is 12.8 Å². The number of nitrogens with zero attached hydrogens (tertiary/aromatic N) is 1. The van der Waals surface area contributed by atoms with Crippen LogP contribution in [0.4, 0.5) is 0 Å². The van der Waals surface area contributed by atoms with Crippen LogP contribution in [0.1, 0.15) is 39.5 Å². The monoisotopic (exact) mass is 255 g/mol. The van der Waals surface area contributed by atoms with Crippen molar-refractivity contribution < 1.29 is 4.79 Å². The first-order valence-electron chi connectivity index (χ1n) is 7.24. The predicted octanol–water partition coefficient (Wildman–Crippen LogP) is 1.21. The topological polar surface area (TPSA) is 58.4 Å². The molecule has 0 radical (unpaired) electrons. The van der Waals surface area contributed by atoms with Crippen LogP contribution in [0.3, 0.4) is 0 Å². The van der Waals surface area contributed by atoms with Crippen molar-refractivity contribution in [1.29, 1.82) is 0 Å². The smallest absolute Gasteiger partial charge is 0.223 e. The zero-order valence-electron chi connectivity index (χ0n) is 12.1. The van der Waals surface area contributed by atoms with E-state index in [1.807, 2.05) is 0 Å². The molecule has 0 bridgehead atoms. The maximum absolute atomic E-state index is 12.1. The number of carbonyl (C=O) groups is 1. The third-order valence-corrected chi connectivity index (χ3v) is 4.19. The van der Waals surface area contributed by atoms with E-state index >= 15 is 0 Å². The molecule has 0 aromatic carbocycles.